The van der Waals surface area contributed by atoms with Crippen molar-refractivity contribution in [1.29, 1.82) is 0 Å². The average molecular weight is 349 g/mol. The Hall–Kier alpha value is -1.06. The number of nitrogens with one attached hydrogen (secondary N) is 2. The Morgan fingerprint density at radius 1 is 1.25 bits per heavy atom. The second-order valence-corrected chi connectivity index (χ2v) is 8.08. The molecule has 2 aliphatic rings. The molecule has 4 heteroatoms. The summed E-state index contributed by atoms with van der Waals surface area (Å²) in [5.74, 6) is 0.398. The molecule has 0 unspecified atom stereocenters. The van der Waals surface area contributed by atoms with Gasteiger partial charge in [-0.05, 0) is 56.8 Å². The normalized spacial score (nSPS) is 26.8. The fourth-order valence-corrected chi connectivity index (χ4v) is 4.50. The Labute approximate surface area is 150 Å². The molecule has 1 aromatic carbocycles. The van der Waals surface area contributed by atoms with Crippen LogP contribution >= 0.6 is 11.6 Å². The zero-order valence-electron chi connectivity index (χ0n) is 14.6. The number of piperidine rings is 1. The van der Waals surface area contributed by atoms with Crippen LogP contribution in [0.4, 0.5) is 0 Å². The molecule has 1 aliphatic heterocycles. The molecule has 0 spiro atoms. The Morgan fingerprint density at radius 2 is 1.96 bits per heavy atom. The number of carbonyl (C=O) groups is 1. The molecule has 2 fully saturated rings. The maximum absolute atomic E-state index is 12.7. The van der Waals surface area contributed by atoms with E-state index in [1.165, 1.54) is 24.8 Å². The minimum Gasteiger partial charge on any atom is -0.355 e. The van der Waals surface area contributed by atoms with Crippen molar-refractivity contribution in [1.82, 2.24) is 10.6 Å². The van der Waals surface area contributed by atoms with E-state index in [2.05, 4.69) is 29.7 Å². The lowest BCUT2D eigenvalue weighted by atomic mass is 9.69. The van der Waals surface area contributed by atoms with Gasteiger partial charge in [0.1, 0.15) is 0 Å². The summed E-state index contributed by atoms with van der Waals surface area (Å²) in [6, 6.07) is 8.68. The Kier molecular flexibility index (Phi) is 5.83. The summed E-state index contributed by atoms with van der Waals surface area (Å²) in [4.78, 5) is 12.7. The van der Waals surface area contributed by atoms with Crippen LogP contribution in [-0.4, -0.2) is 25.0 Å². The summed E-state index contributed by atoms with van der Waals surface area (Å²) in [7, 11) is 0. The van der Waals surface area contributed by atoms with E-state index in [0.29, 0.717) is 6.04 Å². The standard InChI is InChI=1S/C20H29ClN2O/c1-15-13-16(9-12-22-15)19(24)23-14-20(10-3-2-4-11-20)17-5-7-18(21)8-6-17/h5-8,15-16,22H,2-4,9-14H2,1H3,(H,23,24)/t15-,16-/m0/s1. The van der Waals surface area contributed by atoms with Gasteiger partial charge in [-0.15, -0.1) is 0 Å². The highest BCUT2D eigenvalue weighted by atomic mass is 35.5. The summed E-state index contributed by atoms with van der Waals surface area (Å²) in [5.41, 5.74) is 1.40. The smallest absolute Gasteiger partial charge is 0.223 e. The molecule has 2 N–H and O–H groups in total. The number of rotatable bonds is 4. The molecule has 1 saturated carbocycles. The van der Waals surface area contributed by atoms with E-state index in [4.69, 9.17) is 11.6 Å². The van der Waals surface area contributed by atoms with Gasteiger partial charge in [0.25, 0.3) is 0 Å². The minimum absolute atomic E-state index is 0.0804. The van der Waals surface area contributed by atoms with Crippen molar-refractivity contribution in [3.05, 3.63) is 34.9 Å². The van der Waals surface area contributed by atoms with Gasteiger partial charge in [0.2, 0.25) is 5.91 Å². The van der Waals surface area contributed by atoms with E-state index < -0.39 is 0 Å². The summed E-state index contributed by atoms with van der Waals surface area (Å²) in [6.07, 6.45) is 7.97. The molecule has 0 bridgehead atoms. The molecular weight excluding hydrogens is 320 g/mol. The molecule has 3 nitrogen and oxygen atoms in total. The van der Waals surface area contributed by atoms with Crippen molar-refractivity contribution >= 4 is 17.5 Å². The van der Waals surface area contributed by atoms with Crippen LogP contribution in [0, 0.1) is 5.92 Å². The van der Waals surface area contributed by atoms with Crippen molar-refractivity contribution in [2.45, 2.75) is 63.3 Å². The van der Waals surface area contributed by atoms with Crippen LogP contribution in [-0.2, 0) is 10.2 Å². The predicted molar refractivity (Wildman–Crippen MR) is 99.4 cm³/mol. The van der Waals surface area contributed by atoms with Crippen molar-refractivity contribution in [2.24, 2.45) is 5.92 Å². The Morgan fingerprint density at radius 3 is 2.62 bits per heavy atom. The number of hydrogen-bond donors (Lipinski definition) is 2. The van der Waals surface area contributed by atoms with Gasteiger partial charge in [-0.3, -0.25) is 4.79 Å². The van der Waals surface area contributed by atoms with Crippen molar-refractivity contribution in [3.8, 4) is 0 Å². The summed E-state index contributed by atoms with van der Waals surface area (Å²) >= 11 is 6.06. The summed E-state index contributed by atoms with van der Waals surface area (Å²) in [5, 5.41) is 7.49. The zero-order chi connectivity index (χ0) is 17.0. The SMILES string of the molecule is C[C@H]1C[C@@H](C(=O)NCC2(c3ccc(Cl)cc3)CCCCC2)CCN1. The van der Waals surface area contributed by atoms with Crippen LogP contribution in [0.5, 0.6) is 0 Å². The van der Waals surface area contributed by atoms with Gasteiger partial charge >= 0.3 is 0 Å². The Balaban J connectivity index is 1.68. The third kappa shape index (κ3) is 4.12. The molecule has 1 amide bonds. The fourth-order valence-electron chi connectivity index (χ4n) is 4.37. The second-order valence-electron chi connectivity index (χ2n) is 7.64. The van der Waals surface area contributed by atoms with Gasteiger partial charge < -0.3 is 10.6 Å². The topological polar surface area (TPSA) is 41.1 Å². The molecular formula is C20H29ClN2O. The lowest BCUT2D eigenvalue weighted by Gasteiger charge is -2.39. The molecule has 3 rings (SSSR count). The van der Waals surface area contributed by atoms with E-state index in [-0.39, 0.29) is 17.2 Å². The number of benzene rings is 1. The highest BCUT2D eigenvalue weighted by Crippen LogP contribution is 2.39. The van der Waals surface area contributed by atoms with Crippen LogP contribution in [0.2, 0.25) is 5.02 Å². The molecule has 24 heavy (non-hydrogen) atoms. The van der Waals surface area contributed by atoms with Crippen molar-refractivity contribution in [2.75, 3.05) is 13.1 Å². The zero-order valence-corrected chi connectivity index (χ0v) is 15.4. The second kappa shape index (κ2) is 7.88. The van der Waals surface area contributed by atoms with Gasteiger partial charge in [0, 0.05) is 28.9 Å². The number of carbonyl (C=O) groups excluding carboxylic acids is 1. The maximum Gasteiger partial charge on any atom is 0.223 e. The largest absolute Gasteiger partial charge is 0.355 e. The third-order valence-corrected chi connectivity index (χ3v) is 6.11. The predicted octanol–water partition coefficient (Wildman–Crippen LogP) is 4.05. The first-order chi connectivity index (χ1) is 11.6. The molecule has 1 saturated heterocycles. The number of amides is 1. The molecule has 1 aromatic rings. The molecule has 0 aromatic heterocycles. The van der Waals surface area contributed by atoms with Gasteiger partial charge in [0.15, 0.2) is 0 Å². The number of hydrogen-bond acceptors (Lipinski definition) is 2. The van der Waals surface area contributed by atoms with E-state index >= 15 is 0 Å². The van der Waals surface area contributed by atoms with Gasteiger partial charge in [-0.2, -0.15) is 0 Å². The van der Waals surface area contributed by atoms with Crippen molar-refractivity contribution in [3.63, 3.8) is 0 Å². The summed E-state index contributed by atoms with van der Waals surface area (Å²) < 4.78 is 0. The number of halogens is 1. The molecule has 1 aliphatic carbocycles. The van der Waals surface area contributed by atoms with Gasteiger partial charge in [-0.25, -0.2) is 0 Å². The van der Waals surface area contributed by atoms with Gasteiger partial charge in [0.05, 0.1) is 0 Å². The van der Waals surface area contributed by atoms with E-state index in [1.54, 1.807) is 0 Å². The quantitative estimate of drug-likeness (QED) is 0.862. The van der Waals surface area contributed by atoms with Crippen LogP contribution in [0.1, 0.15) is 57.4 Å². The van der Waals surface area contributed by atoms with E-state index in [0.717, 1.165) is 43.8 Å². The average Bonchev–Trinajstić information content (AvgIpc) is 2.61. The molecule has 2 atom stereocenters. The molecule has 132 valence electrons. The Bertz CT molecular complexity index is 551. The fraction of sp³-hybridized carbons (Fsp3) is 0.650. The lowest BCUT2D eigenvalue weighted by Crippen LogP contribution is -2.47. The highest BCUT2D eigenvalue weighted by molar-refractivity contribution is 6.30. The minimum atomic E-state index is 0.0804. The van der Waals surface area contributed by atoms with Crippen molar-refractivity contribution < 1.29 is 4.79 Å². The van der Waals surface area contributed by atoms with Crippen LogP contribution in [0.15, 0.2) is 24.3 Å². The van der Waals surface area contributed by atoms with Crippen LogP contribution < -0.4 is 10.6 Å². The summed E-state index contributed by atoms with van der Waals surface area (Å²) in [6.45, 7) is 3.86. The highest BCUT2D eigenvalue weighted by Gasteiger charge is 2.35. The monoisotopic (exact) mass is 348 g/mol. The molecule has 1 heterocycles. The maximum atomic E-state index is 12.7. The van der Waals surface area contributed by atoms with Crippen LogP contribution in [0.3, 0.4) is 0 Å². The van der Waals surface area contributed by atoms with E-state index in [1.807, 2.05) is 12.1 Å². The van der Waals surface area contributed by atoms with E-state index in [9.17, 15) is 4.79 Å². The third-order valence-electron chi connectivity index (χ3n) is 5.86. The molecule has 0 radical (unpaired) electrons. The first-order valence-electron chi connectivity index (χ1n) is 9.36. The first-order valence-corrected chi connectivity index (χ1v) is 9.74. The van der Waals surface area contributed by atoms with Crippen LogP contribution in [0.25, 0.3) is 0 Å². The lowest BCUT2D eigenvalue weighted by molar-refractivity contribution is -0.126. The van der Waals surface area contributed by atoms with Gasteiger partial charge in [-0.1, -0.05) is 43.0 Å². The first kappa shape index (κ1) is 17.8.